The van der Waals surface area contributed by atoms with Gasteiger partial charge in [-0.1, -0.05) is 23.8 Å². The molecule has 3 rings (SSSR count). The molecule has 0 fully saturated rings. The van der Waals surface area contributed by atoms with Crippen molar-refractivity contribution in [1.29, 1.82) is 0 Å². The Kier molecular flexibility index (Phi) is 6.73. The number of benzene rings is 2. The molecule has 9 heteroatoms. The molecule has 1 aliphatic heterocycles. The number of fused-ring (bicyclic) bond motifs is 1. The Morgan fingerprint density at radius 2 is 1.83 bits per heavy atom. The average Bonchev–Trinajstić information content (AvgIpc) is 2.73. The lowest BCUT2D eigenvalue weighted by molar-refractivity contribution is -0.136. The van der Waals surface area contributed by atoms with E-state index in [1.165, 1.54) is 4.31 Å². The third kappa shape index (κ3) is 4.80. The SMILES string of the molecule is Cc1ccc(S(=O)(=O)N2CCCc3ccc(NC(=O)C(=O)NCCCO)cc32)cc1. The van der Waals surface area contributed by atoms with Gasteiger partial charge in [-0.15, -0.1) is 0 Å². The molecular weight excluding hydrogens is 406 g/mol. The second-order valence-corrected chi connectivity index (χ2v) is 8.99. The second kappa shape index (κ2) is 9.27. The van der Waals surface area contributed by atoms with Crippen molar-refractivity contribution in [2.75, 3.05) is 29.3 Å². The monoisotopic (exact) mass is 431 g/mol. The Balaban J connectivity index is 1.83. The number of carbonyl (C=O) groups is 2. The average molecular weight is 432 g/mol. The van der Waals surface area contributed by atoms with E-state index in [0.29, 0.717) is 30.8 Å². The smallest absolute Gasteiger partial charge is 0.313 e. The van der Waals surface area contributed by atoms with Crippen LogP contribution in [-0.4, -0.2) is 45.0 Å². The van der Waals surface area contributed by atoms with Gasteiger partial charge in [0, 0.05) is 25.4 Å². The Morgan fingerprint density at radius 1 is 1.10 bits per heavy atom. The van der Waals surface area contributed by atoms with Crippen LogP contribution in [0.1, 0.15) is 24.0 Å². The number of nitrogens with one attached hydrogen (secondary N) is 2. The molecule has 30 heavy (non-hydrogen) atoms. The fraction of sp³-hybridized carbons (Fsp3) is 0.333. The second-order valence-electron chi connectivity index (χ2n) is 7.12. The fourth-order valence-electron chi connectivity index (χ4n) is 3.25. The number of amides is 2. The summed E-state index contributed by atoms with van der Waals surface area (Å²) in [4.78, 5) is 24.1. The molecule has 3 N–H and O–H groups in total. The Hall–Kier alpha value is -2.91. The molecule has 0 aliphatic carbocycles. The van der Waals surface area contributed by atoms with Crippen molar-refractivity contribution < 1.29 is 23.1 Å². The predicted molar refractivity (Wildman–Crippen MR) is 114 cm³/mol. The summed E-state index contributed by atoms with van der Waals surface area (Å²) in [5.74, 6) is -1.66. The van der Waals surface area contributed by atoms with E-state index in [0.717, 1.165) is 17.5 Å². The summed E-state index contributed by atoms with van der Waals surface area (Å²) in [6.07, 6.45) is 1.77. The van der Waals surface area contributed by atoms with Crippen LogP contribution in [0, 0.1) is 6.92 Å². The highest BCUT2D eigenvalue weighted by atomic mass is 32.2. The summed E-state index contributed by atoms with van der Waals surface area (Å²) >= 11 is 0. The first-order valence-electron chi connectivity index (χ1n) is 9.75. The van der Waals surface area contributed by atoms with Crippen LogP contribution < -0.4 is 14.9 Å². The quantitative estimate of drug-likeness (QED) is 0.474. The lowest BCUT2D eigenvalue weighted by Crippen LogP contribution is -2.37. The van der Waals surface area contributed by atoms with Crippen molar-refractivity contribution in [2.45, 2.75) is 31.1 Å². The molecule has 2 aromatic rings. The maximum atomic E-state index is 13.2. The molecule has 1 heterocycles. The molecule has 1 aliphatic rings. The van der Waals surface area contributed by atoms with Crippen molar-refractivity contribution in [3.05, 3.63) is 53.6 Å². The van der Waals surface area contributed by atoms with Crippen molar-refractivity contribution in [3.63, 3.8) is 0 Å². The minimum Gasteiger partial charge on any atom is -0.396 e. The highest BCUT2D eigenvalue weighted by Crippen LogP contribution is 2.34. The summed E-state index contributed by atoms with van der Waals surface area (Å²) < 4.78 is 27.8. The first-order chi connectivity index (χ1) is 14.3. The van der Waals surface area contributed by atoms with Gasteiger partial charge in [-0.2, -0.15) is 0 Å². The number of hydrogen-bond donors (Lipinski definition) is 3. The van der Waals surface area contributed by atoms with Crippen LogP contribution in [0.25, 0.3) is 0 Å². The summed E-state index contributed by atoms with van der Waals surface area (Å²) in [6.45, 7) is 2.33. The lowest BCUT2D eigenvalue weighted by Gasteiger charge is -2.31. The van der Waals surface area contributed by atoms with Crippen LogP contribution in [0.4, 0.5) is 11.4 Å². The normalized spacial score (nSPS) is 13.5. The van der Waals surface area contributed by atoms with Crippen molar-refractivity contribution in [2.24, 2.45) is 0 Å². The molecule has 8 nitrogen and oxygen atoms in total. The number of aryl methyl sites for hydroxylation is 2. The number of nitrogens with zero attached hydrogens (tertiary/aromatic N) is 1. The van der Waals surface area contributed by atoms with Gasteiger partial charge in [-0.05, 0) is 56.0 Å². The summed E-state index contributed by atoms with van der Waals surface area (Å²) in [5, 5.41) is 13.7. The summed E-state index contributed by atoms with van der Waals surface area (Å²) in [6, 6.07) is 11.7. The molecule has 0 atom stereocenters. The van der Waals surface area contributed by atoms with Gasteiger partial charge in [-0.25, -0.2) is 8.42 Å². The number of aliphatic hydroxyl groups excluding tert-OH is 1. The Bertz CT molecular complexity index is 1040. The van der Waals surface area contributed by atoms with Crippen LogP contribution in [0.3, 0.4) is 0 Å². The van der Waals surface area contributed by atoms with Gasteiger partial charge in [0.25, 0.3) is 10.0 Å². The maximum Gasteiger partial charge on any atom is 0.313 e. The minimum absolute atomic E-state index is 0.0853. The van der Waals surface area contributed by atoms with Crippen LogP contribution in [-0.2, 0) is 26.0 Å². The number of anilines is 2. The van der Waals surface area contributed by atoms with E-state index in [4.69, 9.17) is 5.11 Å². The summed E-state index contributed by atoms with van der Waals surface area (Å²) in [5.41, 5.74) is 2.67. The van der Waals surface area contributed by atoms with Crippen LogP contribution >= 0.6 is 0 Å². The Labute approximate surface area is 176 Å². The standard InChI is InChI=1S/C21H25N3O5S/c1-15-5-9-18(10-6-15)30(28,29)24-12-2-4-16-7-8-17(14-19(16)24)23-21(27)20(26)22-11-3-13-25/h5-10,14,25H,2-4,11-13H2,1H3,(H,22,26)(H,23,27). The van der Waals surface area contributed by atoms with Gasteiger partial charge >= 0.3 is 11.8 Å². The van der Waals surface area contributed by atoms with Gasteiger partial charge in [0.15, 0.2) is 0 Å². The van der Waals surface area contributed by atoms with Gasteiger partial charge in [-0.3, -0.25) is 13.9 Å². The molecule has 2 aromatic carbocycles. The molecule has 0 saturated carbocycles. The van der Waals surface area contributed by atoms with E-state index in [1.54, 1.807) is 42.5 Å². The van der Waals surface area contributed by atoms with Gasteiger partial charge in [0.05, 0.1) is 10.6 Å². The molecule has 0 radical (unpaired) electrons. The molecule has 0 bridgehead atoms. The first-order valence-corrected chi connectivity index (χ1v) is 11.2. The van der Waals surface area contributed by atoms with E-state index in [-0.39, 0.29) is 18.0 Å². The molecule has 0 saturated heterocycles. The van der Waals surface area contributed by atoms with E-state index in [9.17, 15) is 18.0 Å². The van der Waals surface area contributed by atoms with Crippen molar-refractivity contribution in [3.8, 4) is 0 Å². The first kappa shape index (κ1) is 21.8. The highest BCUT2D eigenvalue weighted by molar-refractivity contribution is 7.92. The lowest BCUT2D eigenvalue weighted by atomic mass is 10.0. The van der Waals surface area contributed by atoms with E-state index in [2.05, 4.69) is 10.6 Å². The number of rotatable bonds is 6. The summed E-state index contributed by atoms with van der Waals surface area (Å²) in [7, 11) is -3.75. The van der Waals surface area contributed by atoms with Crippen molar-refractivity contribution in [1.82, 2.24) is 5.32 Å². The third-order valence-corrected chi connectivity index (χ3v) is 6.68. The van der Waals surface area contributed by atoms with E-state index in [1.807, 2.05) is 6.92 Å². The minimum atomic E-state index is -3.75. The van der Waals surface area contributed by atoms with Crippen LogP contribution in [0.5, 0.6) is 0 Å². The number of aliphatic hydroxyl groups is 1. The van der Waals surface area contributed by atoms with Crippen molar-refractivity contribution >= 4 is 33.2 Å². The highest BCUT2D eigenvalue weighted by Gasteiger charge is 2.29. The molecule has 0 aromatic heterocycles. The zero-order valence-electron chi connectivity index (χ0n) is 16.7. The predicted octanol–water partition coefficient (Wildman–Crippen LogP) is 1.57. The van der Waals surface area contributed by atoms with Gasteiger partial charge < -0.3 is 15.7 Å². The Morgan fingerprint density at radius 3 is 2.53 bits per heavy atom. The van der Waals surface area contributed by atoms with Gasteiger partial charge in [0.2, 0.25) is 0 Å². The number of carbonyl (C=O) groups excluding carboxylic acids is 2. The molecule has 160 valence electrons. The van der Waals surface area contributed by atoms with E-state index < -0.39 is 21.8 Å². The molecular formula is C21H25N3O5S. The van der Waals surface area contributed by atoms with Gasteiger partial charge in [0.1, 0.15) is 0 Å². The van der Waals surface area contributed by atoms with E-state index >= 15 is 0 Å². The van der Waals surface area contributed by atoms with Crippen LogP contribution in [0.15, 0.2) is 47.4 Å². The zero-order chi connectivity index (χ0) is 21.7. The maximum absolute atomic E-state index is 13.2. The number of hydrogen-bond acceptors (Lipinski definition) is 5. The molecule has 0 spiro atoms. The fourth-order valence-corrected chi connectivity index (χ4v) is 4.79. The number of sulfonamides is 1. The third-order valence-electron chi connectivity index (χ3n) is 4.85. The van der Waals surface area contributed by atoms with Crippen LogP contribution in [0.2, 0.25) is 0 Å². The largest absolute Gasteiger partial charge is 0.396 e. The zero-order valence-corrected chi connectivity index (χ0v) is 17.5. The molecule has 0 unspecified atom stereocenters. The topological polar surface area (TPSA) is 116 Å². The molecule has 2 amide bonds.